The van der Waals surface area contributed by atoms with Crippen LogP contribution in [-0.4, -0.2) is 54.6 Å². The van der Waals surface area contributed by atoms with Crippen LogP contribution in [0.4, 0.5) is 23.2 Å². The number of rotatable bonds is 3. The van der Waals surface area contributed by atoms with E-state index in [0.29, 0.717) is 12.3 Å². The van der Waals surface area contributed by atoms with E-state index >= 15 is 4.39 Å². The number of anilines is 1. The highest BCUT2D eigenvalue weighted by Crippen LogP contribution is 2.46. The first-order valence-corrected chi connectivity index (χ1v) is 11.4. The normalized spacial score (nSPS) is 26.1. The summed E-state index contributed by atoms with van der Waals surface area (Å²) in [4.78, 5) is 20.3. The third-order valence-electron chi connectivity index (χ3n) is 5.82. The highest BCUT2D eigenvalue weighted by Gasteiger charge is 2.61. The summed E-state index contributed by atoms with van der Waals surface area (Å²) in [7, 11) is -2.83. The Hall–Kier alpha value is -3.26. The van der Waals surface area contributed by atoms with Gasteiger partial charge in [-0.15, -0.1) is 0 Å². The molecule has 3 N–H and O–H groups in total. The molecule has 2 aliphatic rings. The Morgan fingerprint density at radius 2 is 2.00 bits per heavy atom. The number of hydrogen-bond donors (Lipinski definition) is 2. The first kappa shape index (κ1) is 23.9. The molecule has 182 valence electrons. The molecule has 0 aliphatic carbocycles. The van der Waals surface area contributed by atoms with Gasteiger partial charge < -0.3 is 15.8 Å². The number of aliphatic imine (C=N–C) groups is 1. The van der Waals surface area contributed by atoms with Gasteiger partial charge in [0, 0.05) is 24.5 Å². The molecule has 1 aromatic carbocycles. The molecule has 3 unspecified atom stereocenters. The first-order valence-electron chi connectivity index (χ1n) is 9.86. The predicted octanol–water partition coefficient (Wildman–Crippen LogP) is 2.06. The molecule has 1 aromatic heterocycles. The molecule has 9 nitrogen and oxygen atoms in total. The van der Waals surface area contributed by atoms with Gasteiger partial charge >= 0.3 is 6.18 Å². The molecule has 4 rings (SSSR count). The Morgan fingerprint density at radius 3 is 2.62 bits per heavy atom. The third kappa shape index (κ3) is 3.76. The van der Waals surface area contributed by atoms with Crippen molar-refractivity contribution in [2.45, 2.75) is 30.0 Å². The van der Waals surface area contributed by atoms with E-state index in [9.17, 15) is 26.4 Å². The summed E-state index contributed by atoms with van der Waals surface area (Å²) in [6, 6.07) is 5.03. The molecule has 0 spiro atoms. The summed E-state index contributed by atoms with van der Waals surface area (Å²) in [5.74, 6) is -2.00. The summed E-state index contributed by atoms with van der Waals surface area (Å²) in [5.41, 5.74) is 2.67. The number of alkyl halides is 3. The van der Waals surface area contributed by atoms with Gasteiger partial charge in [-0.05, 0) is 37.3 Å². The summed E-state index contributed by atoms with van der Waals surface area (Å²) in [6.07, 6.45) is -4.92. The smallest absolute Gasteiger partial charge is 0.374 e. The van der Waals surface area contributed by atoms with Crippen molar-refractivity contribution in [1.82, 2.24) is 9.29 Å². The second-order valence-electron chi connectivity index (χ2n) is 7.92. The number of sulfonamides is 1. The van der Waals surface area contributed by atoms with E-state index in [0.717, 1.165) is 16.4 Å². The molecule has 3 heterocycles. The van der Waals surface area contributed by atoms with Crippen LogP contribution in [0.15, 0.2) is 41.5 Å². The number of nitrogens with zero attached hydrogens (tertiary/aromatic N) is 3. The molecule has 3 atom stereocenters. The number of hydrogen-bond acceptors (Lipinski definition) is 7. The van der Waals surface area contributed by atoms with Crippen LogP contribution in [0, 0.1) is 5.82 Å². The molecular weight excluding hydrogens is 482 g/mol. The van der Waals surface area contributed by atoms with E-state index < -0.39 is 50.4 Å². The van der Waals surface area contributed by atoms with Gasteiger partial charge in [-0.1, -0.05) is 0 Å². The van der Waals surface area contributed by atoms with E-state index in [2.05, 4.69) is 15.3 Å². The molecule has 34 heavy (non-hydrogen) atoms. The zero-order valence-corrected chi connectivity index (χ0v) is 18.6. The predicted molar refractivity (Wildman–Crippen MR) is 113 cm³/mol. The van der Waals surface area contributed by atoms with Gasteiger partial charge in [-0.2, -0.15) is 13.2 Å². The highest BCUT2D eigenvalue weighted by molar-refractivity contribution is 7.90. The van der Waals surface area contributed by atoms with Crippen molar-refractivity contribution in [3.63, 3.8) is 0 Å². The van der Waals surface area contributed by atoms with Crippen molar-refractivity contribution < 1.29 is 35.5 Å². The lowest BCUT2D eigenvalue weighted by Crippen LogP contribution is -2.58. The molecular formula is C20H19F4N5O4S. The SMILES string of the molecule is CC1OCC2(c3cc(NC(=O)c4ccc(C(F)(F)F)cn4)ccc3F)N=C(N)N(C)S(=O)(=O)C12. The Labute approximate surface area is 191 Å². The van der Waals surface area contributed by atoms with Gasteiger partial charge in [-0.3, -0.25) is 9.78 Å². The number of pyridine rings is 1. The lowest BCUT2D eigenvalue weighted by Gasteiger charge is -2.39. The monoisotopic (exact) mass is 501 g/mol. The van der Waals surface area contributed by atoms with Crippen LogP contribution in [0.2, 0.25) is 0 Å². The molecule has 2 aromatic rings. The fourth-order valence-corrected chi connectivity index (χ4v) is 6.04. The van der Waals surface area contributed by atoms with Crippen LogP contribution in [0.5, 0.6) is 0 Å². The van der Waals surface area contributed by atoms with Gasteiger partial charge in [-0.25, -0.2) is 22.1 Å². The average Bonchev–Trinajstić information content (AvgIpc) is 3.11. The standard InChI is InChI=1S/C20H19F4N5O4S/c1-10-16-19(9-33-10,28-18(25)29(2)34(16,31)32)13-7-12(4-5-14(13)21)27-17(30)15-6-3-11(8-26-15)20(22,23)24/h3-8,10,16H,9H2,1-2H3,(H2,25,28)(H,27,30). The van der Waals surface area contributed by atoms with Crippen LogP contribution in [0.3, 0.4) is 0 Å². The third-order valence-corrected chi connectivity index (χ3v) is 8.18. The summed E-state index contributed by atoms with van der Waals surface area (Å²) >= 11 is 0. The number of guanidine groups is 1. The Bertz CT molecular complexity index is 1280. The maximum atomic E-state index is 15.0. The quantitative estimate of drug-likeness (QED) is 0.620. The number of carbonyl (C=O) groups excluding carboxylic acids is 1. The Kier molecular flexibility index (Phi) is 5.55. The van der Waals surface area contributed by atoms with E-state index in [1.54, 1.807) is 0 Å². The number of aromatic nitrogens is 1. The van der Waals surface area contributed by atoms with E-state index in [1.165, 1.54) is 26.1 Å². The fourth-order valence-electron chi connectivity index (χ4n) is 4.09. The van der Waals surface area contributed by atoms with Crippen molar-refractivity contribution in [1.29, 1.82) is 0 Å². The van der Waals surface area contributed by atoms with E-state index in [-0.39, 0.29) is 29.5 Å². The van der Waals surface area contributed by atoms with Crippen molar-refractivity contribution in [3.8, 4) is 0 Å². The Balaban J connectivity index is 1.71. The second-order valence-corrected chi connectivity index (χ2v) is 10.0. The molecule has 2 aliphatic heterocycles. The highest BCUT2D eigenvalue weighted by atomic mass is 32.2. The number of halogens is 4. The minimum atomic E-state index is -4.61. The average molecular weight is 501 g/mol. The van der Waals surface area contributed by atoms with Crippen molar-refractivity contribution >= 4 is 27.6 Å². The summed E-state index contributed by atoms with van der Waals surface area (Å²) in [5, 5.41) is 1.14. The molecule has 14 heteroatoms. The van der Waals surface area contributed by atoms with E-state index in [1.807, 2.05) is 0 Å². The van der Waals surface area contributed by atoms with Gasteiger partial charge in [0.25, 0.3) is 5.91 Å². The van der Waals surface area contributed by atoms with Crippen molar-refractivity contribution in [3.05, 3.63) is 59.2 Å². The molecule has 0 radical (unpaired) electrons. The molecule has 1 fully saturated rings. The topological polar surface area (TPSA) is 127 Å². The molecule has 1 saturated heterocycles. The van der Waals surface area contributed by atoms with Crippen molar-refractivity contribution in [2.75, 3.05) is 19.0 Å². The van der Waals surface area contributed by atoms with Gasteiger partial charge in [0.05, 0.1) is 18.3 Å². The number of benzene rings is 1. The fraction of sp³-hybridized carbons (Fsp3) is 0.350. The van der Waals surface area contributed by atoms with Crippen LogP contribution in [0.25, 0.3) is 0 Å². The number of carbonyl (C=O) groups is 1. The lowest BCUT2D eigenvalue weighted by atomic mass is 9.86. The number of fused-ring (bicyclic) bond motifs is 1. The number of ether oxygens (including phenoxy) is 1. The minimum Gasteiger partial charge on any atom is -0.374 e. The maximum Gasteiger partial charge on any atom is 0.417 e. The van der Waals surface area contributed by atoms with Gasteiger partial charge in [0.1, 0.15) is 22.3 Å². The Morgan fingerprint density at radius 1 is 1.29 bits per heavy atom. The number of nitrogens with two attached hydrogens (primary N) is 1. The maximum absolute atomic E-state index is 15.0. The second kappa shape index (κ2) is 7.91. The number of nitrogens with one attached hydrogen (secondary N) is 1. The van der Waals surface area contributed by atoms with Crippen LogP contribution >= 0.6 is 0 Å². The zero-order chi connectivity index (χ0) is 25.1. The summed E-state index contributed by atoms with van der Waals surface area (Å²) < 4.78 is 85.6. The molecule has 0 saturated carbocycles. The van der Waals surface area contributed by atoms with Crippen LogP contribution in [0.1, 0.15) is 28.5 Å². The van der Waals surface area contributed by atoms with E-state index in [4.69, 9.17) is 10.5 Å². The first-order chi connectivity index (χ1) is 15.8. The largest absolute Gasteiger partial charge is 0.417 e. The van der Waals surface area contributed by atoms with Gasteiger partial charge in [0.2, 0.25) is 16.0 Å². The number of amides is 1. The van der Waals surface area contributed by atoms with Crippen molar-refractivity contribution in [2.24, 2.45) is 10.7 Å². The summed E-state index contributed by atoms with van der Waals surface area (Å²) in [6.45, 7) is 1.25. The molecule has 1 amide bonds. The van der Waals surface area contributed by atoms with Crippen LogP contribution in [-0.2, 0) is 26.5 Å². The van der Waals surface area contributed by atoms with Gasteiger partial charge in [0.15, 0.2) is 0 Å². The van der Waals surface area contributed by atoms with Crippen LogP contribution < -0.4 is 11.1 Å². The zero-order valence-electron chi connectivity index (χ0n) is 17.8. The minimum absolute atomic E-state index is 0.0425. The molecule has 0 bridgehead atoms. The lowest BCUT2D eigenvalue weighted by molar-refractivity contribution is -0.137.